The highest BCUT2D eigenvalue weighted by molar-refractivity contribution is 9.10. The average Bonchev–Trinajstić information content (AvgIpc) is 1.72. The first-order valence-electron chi connectivity index (χ1n) is 40.1. The van der Waals surface area contributed by atoms with E-state index in [0.29, 0.717) is 18.8 Å². The molecule has 0 bridgehead atoms. The van der Waals surface area contributed by atoms with Gasteiger partial charge in [0, 0.05) is 110 Å². The van der Waals surface area contributed by atoms with Crippen LogP contribution in [-0.4, -0.2) is 68.2 Å². The Bertz CT molecular complexity index is 5920. The van der Waals surface area contributed by atoms with Crippen molar-refractivity contribution in [1.29, 1.82) is 0 Å². The van der Waals surface area contributed by atoms with E-state index in [1.165, 1.54) is 67.2 Å². The highest BCUT2D eigenvalue weighted by Crippen LogP contribution is 2.36. The fourth-order valence-electron chi connectivity index (χ4n) is 12.5. The van der Waals surface area contributed by atoms with Gasteiger partial charge in [0.05, 0.1) is 13.2 Å². The lowest BCUT2D eigenvalue weighted by Gasteiger charge is -2.19. The number of hydrazine groups is 1. The maximum atomic E-state index is 11.5. The Hall–Kier alpha value is -11.7. The van der Waals surface area contributed by atoms with E-state index >= 15 is 0 Å². The standard InChI is InChI=1S/C23H25NO2.C21H21NO2.C19H19NO.C18H18BrN.C12H16O.C6H7BrN2.C5H8O2.ClH/c1-5-26-22(25)12-10-16-9-11-20-18(13-16)15-21(24-20)17-7-6-8-19(14-17)23(2,3)4;1-21(2,3)17-6-4-5-15(12-17)19-13-16-11-14(8-10-20(23)24)7-9-18(16)22-19;1-19(2,3)16-6-4-5-14(10-16)18-11-15-9-13(12-21)7-8-17(15)20-18;1-18(2,3)14-6-4-5-12(9-14)17-11-13-10-15(19)7-8-16(13)20-17;1-9(13)10-6-5-7-11(8-10)12(2,3)4;7-5-1-3-6(9-8)4-2-5;1-3-5(6)7-4-2;/h6-15,24H,5H2,1-4H3;4-13,22H,1-3H3,(H,23,24);4-12,20H,1-3H3;4-11,20H,1-3H3;5-8H,1-4H3;1-4,9H,8H2;3H,1,4H2,2H3;1H/b12-10+;10-8+;;;;;;. The number of anilines is 1. The molecule has 10 aromatic carbocycles. The van der Waals surface area contributed by atoms with Crippen LogP contribution in [0.5, 0.6) is 0 Å². The highest BCUT2D eigenvalue weighted by Gasteiger charge is 2.20. The van der Waals surface area contributed by atoms with Crippen LogP contribution in [0.2, 0.25) is 0 Å². The van der Waals surface area contributed by atoms with Gasteiger partial charge in [-0.3, -0.25) is 15.4 Å². The molecule has 4 aromatic heterocycles. The Kier molecular flexibility index (Phi) is 34.7. The normalized spacial score (nSPS) is 11.3. The second-order valence-corrected chi connectivity index (χ2v) is 36.0. The number of carboxylic acid groups (broad SMARTS) is 1. The van der Waals surface area contributed by atoms with E-state index < -0.39 is 5.97 Å². The molecule has 8 N–H and O–H groups in total. The summed E-state index contributed by atoms with van der Waals surface area (Å²) in [6.07, 6.45) is 8.03. The van der Waals surface area contributed by atoms with Crippen LogP contribution in [0.4, 0.5) is 5.69 Å². The van der Waals surface area contributed by atoms with Crippen LogP contribution in [0.25, 0.3) is 101 Å². The molecule has 0 amide bonds. The number of ether oxygens (including phenoxy) is 2. The van der Waals surface area contributed by atoms with Gasteiger partial charge in [0.15, 0.2) is 5.78 Å². The van der Waals surface area contributed by atoms with Crippen LogP contribution >= 0.6 is 44.3 Å². The number of benzene rings is 10. The van der Waals surface area contributed by atoms with Gasteiger partial charge in [-0.05, 0) is 261 Å². The summed E-state index contributed by atoms with van der Waals surface area (Å²) < 4.78 is 11.5. The molecule has 630 valence electrons. The first kappa shape index (κ1) is 96.5. The van der Waals surface area contributed by atoms with Crippen molar-refractivity contribution in [1.82, 2.24) is 19.9 Å². The van der Waals surface area contributed by atoms with Gasteiger partial charge >= 0.3 is 17.9 Å². The van der Waals surface area contributed by atoms with Crippen molar-refractivity contribution in [2.75, 3.05) is 18.6 Å². The number of carbonyl (C=O) groups excluding carboxylic acids is 4. The lowest BCUT2D eigenvalue weighted by atomic mass is 9.86. The molecule has 0 saturated carbocycles. The van der Waals surface area contributed by atoms with Crippen molar-refractivity contribution < 1.29 is 38.6 Å². The van der Waals surface area contributed by atoms with Crippen molar-refractivity contribution in [3.05, 3.63) is 326 Å². The van der Waals surface area contributed by atoms with E-state index in [1.54, 1.807) is 32.9 Å². The molecule has 4 heterocycles. The number of nitrogens with two attached hydrogens (primary N) is 1. The number of hydrogen-bond donors (Lipinski definition) is 7. The van der Waals surface area contributed by atoms with Gasteiger partial charge in [0.1, 0.15) is 6.29 Å². The Morgan fingerprint density at radius 3 is 1.04 bits per heavy atom. The molecule has 0 atom stereocenters. The molecule has 14 aromatic rings. The minimum Gasteiger partial charge on any atom is -0.478 e. The number of carboxylic acids is 1. The number of aliphatic carboxylic acids is 1. The van der Waals surface area contributed by atoms with E-state index in [1.807, 2.05) is 91.0 Å². The maximum absolute atomic E-state index is 11.5. The number of hydrogen-bond acceptors (Lipinski definition) is 9. The third-order valence-electron chi connectivity index (χ3n) is 19.5. The first-order chi connectivity index (χ1) is 56.6. The number of ketones is 1. The van der Waals surface area contributed by atoms with Gasteiger partial charge in [-0.15, -0.1) is 12.4 Å². The molecule has 0 spiro atoms. The molecule has 0 unspecified atom stereocenters. The SMILES string of the molecule is C=CC(=O)OCC.CC(=O)c1cccc(C(C)(C)C)c1.CC(C)(C)c1cccc(-c2cc3cc(/C=C/C(=O)O)ccc3[nH]2)c1.CC(C)(C)c1cccc(-c2cc3cc(Br)ccc3[nH]2)c1.CC(C)(C)c1cccc(-c2cc3cc(C=O)ccc3[nH]2)c1.CCOC(=O)/C=C/c1ccc2[nH]c(-c3cccc(C(C)(C)C)c3)cc2c1.Cl.NNc1ccc(Br)cc1. The minimum absolute atomic E-state index is 0. The van der Waals surface area contributed by atoms with Crippen LogP contribution in [-0.2, 0) is 50.9 Å². The molecule has 0 saturated heterocycles. The third kappa shape index (κ3) is 29.3. The fraction of sp³-hybridized carbons (Fsp3) is 0.240. The van der Waals surface area contributed by atoms with Crippen molar-refractivity contribution in [3.8, 4) is 45.0 Å². The summed E-state index contributed by atoms with van der Waals surface area (Å²) in [5.41, 5.74) is 27.4. The molecule has 0 aliphatic rings. The van der Waals surface area contributed by atoms with Gasteiger partial charge in [-0.1, -0.05) is 245 Å². The third-order valence-corrected chi connectivity index (χ3v) is 20.5. The van der Waals surface area contributed by atoms with E-state index in [4.69, 9.17) is 15.7 Å². The lowest BCUT2D eigenvalue weighted by Crippen LogP contribution is -2.11. The number of fused-ring (bicyclic) bond motifs is 4. The number of H-pyrrole nitrogens is 4. The summed E-state index contributed by atoms with van der Waals surface area (Å²) in [7, 11) is 0. The number of aromatic amines is 4. The highest BCUT2D eigenvalue weighted by atomic mass is 79.9. The molecular weight excluding hydrogens is 1660 g/mol. The van der Waals surface area contributed by atoms with Crippen molar-refractivity contribution in [2.45, 2.75) is 152 Å². The molecule has 14 nitrogen and oxygen atoms in total. The summed E-state index contributed by atoms with van der Waals surface area (Å²) in [5, 5.41) is 13.2. The van der Waals surface area contributed by atoms with Crippen molar-refractivity contribution >= 4 is 136 Å². The monoisotopic (exact) mass is 1770 g/mol. The summed E-state index contributed by atoms with van der Waals surface area (Å²) in [4.78, 5) is 68.0. The largest absolute Gasteiger partial charge is 0.478 e. The van der Waals surface area contributed by atoms with Crippen molar-refractivity contribution in [2.24, 2.45) is 5.84 Å². The second kappa shape index (κ2) is 43.5. The number of nitrogens with one attached hydrogen (secondary N) is 5. The number of carbonyl (C=O) groups is 5. The molecule has 0 aliphatic heterocycles. The Morgan fingerprint density at radius 2 is 0.719 bits per heavy atom. The molecule has 0 aliphatic carbocycles. The number of aldehydes is 1. The molecule has 121 heavy (non-hydrogen) atoms. The van der Waals surface area contributed by atoms with E-state index in [2.05, 4.69) is 324 Å². The number of halogens is 3. The summed E-state index contributed by atoms with van der Waals surface area (Å²) >= 11 is 6.83. The number of nitrogen functional groups attached to an aromatic ring is 1. The van der Waals surface area contributed by atoms with Crippen LogP contribution in [0.15, 0.2) is 276 Å². The Morgan fingerprint density at radius 1 is 0.405 bits per heavy atom. The van der Waals surface area contributed by atoms with Gasteiger partial charge in [-0.2, -0.15) is 0 Å². The average molecular weight is 1770 g/mol. The zero-order valence-corrected chi connectivity index (χ0v) is 76.7. The van der Waals surface area contributed by atoms with Crippen LogP contribution in [0.3, 0.4) is 0 Å². The van der Waals surface area contributed by atoms with Gasteiger partial charge in [0.25, 0.3) is 0 Å². The lowest BCUT2D eigenvalue weighted by molar-refractivity contribution is -0.138. The van der Waals surface area contributed by atoms with E-state index in [9.17, 15) is 24.0 Å². The smallest absolute Gasteiger partial charge is 0.330 e. The van der Waals surface area contributed by atoms with Gasteiger partial charge < -0.3 is 39.9 Å². The Labute approximate surface area is 736 Å². The van der Waals surface area contributed by atoms with Crippen LogP contribution < -0.4 is 11.3 Å². The predicted molar refractivity (Wildman–Crippen MR) is 516 cm³/mol. The van der Waals surface area contributed by atoms with E-state index in [0.717, 1.165) is 105 Å². The molecule has 17 heteroatoms. The summed E-state index contributed by atoms with van der Waals surface area (Å²) in [5.74, 6) is 3.65. The predicted octanol–water partition coefficient (Wildman–Crippen LogP) is 27.9. The molecular formula is C104H115Br2ClN6O8. The molecule has 14 rings (SSSR count). The zero-order chi connectivity index (χ0) is 87.9. The topological polar surface area (TPSA) is 225 Å². The number of aromatic nitrogens is 4. The fourth-order valence-corrected chi connectivity index (χ4v) is 13.2. The maximum Gasteiger partial charge on any atom is 0.330 e. The zero-order valence-electron chi connectivity index (χ0n) is 72.7. The van der Waals surface area contributed by atoms with Crippen LogP contribution in [0, 0.1) is 0 Å². The first-order valence-corrected chi connectivity index (χ1v) is 41.7. The summed E-state index contributed by atoms with van der Waals surface area (Å²) in [6, 6.07) is 82.6. The van der Waals surface area contributed by atoms with Crippen LogP contribution in [0.1, 0.15) is 184 Å². The molecule has 0 radical (unpaired) electrons. The number of esters is 2. The van der Waals surface area contributed by atoms with Crippen molar-refractivity contribution in [3.63, 3.8) is 0 Å². The Balaban J connectivity index is 0.000000201. The number of rotatable bonds is 14. The molecule has 0 fully saturated rings. The summed E-state index contributed by atoms with van der Waals surface area (Å²) in [6.45, 7) is 42.3. The van der Waals surface area contributed by atoms with Gasteiger partial charge in [-0.25, -0.2) is 14.4 Å². The minimum atomic E-state index is -0.941. The van der Waals surface area contributed by atoms with Gasteiger partial charge in [0.2, 0.25) is 0 Å². The second-order valence-electron chi connectivity index (χ2n) is 34.2. The quantitative estimate of drug-likeness (QED) is 0.0136. The number of Topliss-reactive ketones (excluding diaryl/α,β-unsaturated/α-hetero) is 1. The van der Waals surface area contributed by atoms with E-state index in [-0.39, 0.29) is 57.2 Å².